The average Bonchev–Trinajstić information content (AvgIpc) is 2.40. The van der Waals surface area contributed by atoms with Gasteiger partial charge >= 0.3 is 0 Å². The molecule has 0 fully saturated rings. The van der Waals surface area contributed by atoms with Crippen LogP contribution in [-0.4, -0.2) is 13.4 Å². The number of aldehydes is 1. The van der Waals surface area contributed by atoms with Crippen molar-refractivity contribution < 1.29 is 9.53 Å². The Morgan fingerprint density at radius 1 is 1.00 bits per heavy atom. The Bertz CT molecular complexity index is 523. The normalized spacial score (nSPS) is 9.94. The number of hydrogen-bond donors (Lipinski definition) is 0. The lowest BCUT2D eigenvalue weighted by Crippen LogP contribution is -1.87. The highest BCUT2D eigenvalue weighted by Gasteiger charge is 2.06. The van der Waals surface area contributed by atoms with Crippen LogP contribution in [0.15, 0.2) is 58.3 Å². The van der Waals surface area contributed by atoms with E-state index in [1.54, 1.807) is 7.11 Å². The van der Waals surface area contributed by atoms with Gasteiger partial charge in [0.1, 0.15) is 5.75 Å². The molecule has 0 aliphatic rings. The molecule has 0 heterocycles. The average molecular weight is 244 g/mol. The fourth-order valence-electron chi connectivity index (χ4n) is 1.49. The number of carbonyl (C=O) groups excluding carboxylic acids is 1. The van der Waals surface area contributed by atoms with Crippen LogP contribution in [0.5, 0.6) is 5.75 Å². The lowest BCUT2D eigenvalue weighted by molar-refractivity contribution is 0.112. The molecule has 0 radical (unpaired) electrons. The third-order valence-corrected chi connectivity index (χ3v) is 3.48. The Kier molecular flexibility index (Phi) is 3.83. The van der Waals surface area contributed by atoms with Crippen LogP contribution in [0, 0.1) is 0 Å². The molecule has 0 spiro atoms. The maximum atomic E-state index is 10.9. The quantitative estimate of drug-likeness (QED) is 0.768. The van der Waals surface area contributed by atoms with E-state index < -0.39 is 0 Å². The molecule has 17 heavy (non-hydrogen) atoms. The van der Waals surface area contributed by atoms with Gasteiger partial charge in [0, 0.05) is 10.5 Å². The summed E-state index contributed by atoms with van der Waals surface area (Å²) in [6, 6.07) is 15.3. The summed E-state index contributed by atoms with van der Waals surface area (Å²) in [5, 5.41) is 0. The topological polar surface area (TPSA) is 26.3 Å². The first kappa shape index (κ1) is 11.7. The number of rotatable bonds is 4. The number of ether oxygens (including phenoxy) is 1. The Labute approximate surface area is 105 Å². The molecular formula is C14H12O2S. The second-order valence-electron chi connectivity index (χ2n) is 3.41. The smallest absolute Gasteiger partial charge is 0.151 e. The molecule has 0 aliphatic heterocycles. The van der Waals surface area contributed by atoms with Gasteiger partial charge in [0.2, 0.25) is 0 Å². The molecule has 86 valence electrons. The van der Waals surface area contributed by atoms with Gasteiger partial charge in [-0.25, -0.2) is 0 Å². The van der Waals surface area contributed by atoms with Crippen molar-refractivity contribution in [1.82, 2.24) is 0 Å². The minimum Gasteiger partial charge on any atom is -0.496 e. The van der Waals surface area contributed by atoms with E-state index in [0.29, 0.717) is 5.56 Å². The molecule has 0 aliphatic carbocycles. The molecule has 0 N–H and O–H groups in total. The fourth-order valence-corrected chi connectivity index (χ4v) is 2.51. The zero-order valence-electron chi connectivity index (χ0n) is 9.42. The van der Waals surface area contributed by atoms with E-state index in [2.05, 4.69) is 0 Å². The van der Waals surface area contributed by atoms with Crippen LogP contribution in [0.4, 0.5) is 0 Å². The Balaban J connectivity index is 2.34. The van der Waals surface area contributed by atoms with Crippen LogP contribution < -0.4 is 4.74 Å². The first-order valence-electron chi connectivity index (χ1n) is 5.20. The van der Waals surface area contributed by atoms with Crippen LogP contribution in [-0.2, 0) is 0 Å². The summed E-state index contributed by atoms with van der Waals surface area (Å²) in [7, 11) is 1.64. The molecule has 0 saturated carbocycles. The van der Waals surface area contributed by atoms with E-state index in [4.69, 9.17) is 4.74 Å². The van der Waals surface area contributed by atoms with Gasteiger partial charge < -0.3 is 4.74 Å². The van der Waals surface area contributed by atoms with Crippen LogP contribution in [0.2, 0.25) is 0 Å². The van der Waals surface area contributed by atoms with Crippen molar-refractivity contribution in [3.8, 4) is 5.75 Å². The standard InChI is InChI=1S/C14H12O2S/c1-16-12-7-3-5-9-14(12)17-13-8-4-2-6-11(13)10-15/h2-10H,1H3. The number of hydrogen-bond acceptors (Lipinski definition) is 3. The highest BCUT2D eigenvalue weighted by atomic mass is 32.2. The molecule has 2 aromatic rings. The number of carbonyl (C=O) groups is 1. The summed E-state index contributed by atoms with van der Waals surface area (Å²) in [6.07, 6.45) is 0.873. The molecule has 0 unspecified atom stereocenters. The number of benzene rings is 2. The lowest BCUT2D eigenvalue weighted by atomic mass is 10.2. The predicted octanol–water partition coefficient (Wildman–Crippen LogP) is 3.66. The molecule has 0 aromatic heterocycles. The van der Waals surface area contributed by atoms with E-state index in [-0.39, 0.29) is 0 Å². The first-order chi connectivity index (χ1) is 8.35. The molecule has 3 heteroatoms. The molecule has 0 saturated heterocycles. The van der Waals surface area contributed by atoms with Crippen molar-refractivity contribution in [1.29, 1.82) is 0 Å². The minimum atomic E-state index is 0.698. The van der Waals surface area contributed by atoms with Crippen LogP contribution in [0.3, 0.4) is 0 Å². The van der Waals surface area contributed by atoms with Gasteiger partial charge in [-0.05, 0) is 18.2 Å². The number of para-hydroxylation sites is 1. The van der Waals surface area contributed by atoms with Gasteiger partial charge in [0.15, 0.2) is 6.29 Å². The van der Waals surface area contributed by atoms with Gasteiger partial charge in [-0.2, -0.15) is 0 Å². The minimum absolute atomic E-state index is 0.698. The third kappa shape index (κ3) is 2.68. The largest absolute Gasteiger partial charge is 0.496 e. The molecular weight excluding hydrogens is 232 g/mol. The van der Waals surface area contributed by atoms with Gasteiger partial charge in [-0.15, -0.1) is 0 Å². The highest BCUT2D eigenvalue weighted by Crippen LogP contribution is 2.35. The zero-order valence-corrected chi connectivity index (χ0v) is 10.2. The molecule has 2 rings (SSSR count). The summed E-state index contributed by atoms with van der Waals surface area (Å²) >= 11 is 1.53. The zero-order chi connectivity index (χ0) is 12.1. The third-order valence-electron chi connectivity index (χ3n) is 2.33. The van der Waals surface area contributed by atoms with E-state index >= 15 is 0 Å². The molecule has 2 nitrogen and oxygen atoms in total. The highest BCUT2D eigenvalue weighted by molar-refractivity contribution is 7.99. The second kappa shape index (κ2) is 5.55. The van der Waals surface area contributed by atoms with Crippen LogP contribution >= 0.6 is 11.8 Å². The van der Waals surface area contributed by atoms with Crippen molar-refractivity contribution in [2.75, 3.05) is 7.11 Å². The summed E-state index contributed by atoms with van der Waals surface area (Å²) in [4.78, 5) is 12.9. The maximum Gasteiger partial charge on any atom is 0.151 e. The Morgan fingerprint density at radius 3 is 2.35 bits per heavy atom. The molecule has 0 bridgehead atoms. The fraction of sp³-hybridized carbons (Fsp3) is 0.0714. The van der Waals surface area contributed by atoms with Crippen LogP contribution in [0.25, 0.3) is 0 Å². The van der Waals surface area contributed by atoms with E-state index in [1.165, 1.54) is 11.8 Å². The van der Waals surface area contributed by atoms with Crippen molar-refractivity contribution in [3.63, 3.8) is 0 Å². The SMILES string of the molecule is COc1ccccc1Sc1ccccc1C=O. The predicted molar refractivity (Wildman–Crippen MR) is 68.9 cm³/mol. The molecule has 0 atom stereocenters. The lowest BCUT2D eigenvalue weighted by Gasteiger charge is -2.08. The van der Waals surface area contributed by atoms with E-state index in [9.17, 15) is 4.79 Å². The first-order valence-corrected chi connectivity index (χ1v) is 6.02. The monoisotopic (exact) mass is 244 g/mol. The van der Waals surface area contributed by atoms with Gasteiger partial charge in [0.05, 0.1) is 12.0 Å². The van der Waals surface area contributed by atoms with Crippen molar-refractivity contribution >= 4 is 18.0 Å². The van der Waals surface area contributed by atoms with Crippen molar-refractivity contribution in [3.05, 3.63) is 54.1 Å². The van der Waals surface area contributed by atoms with Gasteiger partial charge in [-0.1, -0.05) is 42.1 Å². The Hall–Kier alpha value is -1.74. The van der Waals surface area contributed by atoms with Crippen LogP contribution in [0.1, 0.15) is 10.4 Å². The Morgan fingerprint density at radius 2 is 1.65 bits per heavy atom. The molecule has 2 aromatic carbocycles. The van der Waals surface area contributed by atoms with Crippen molar-refractivity contribution in [2.45, 2.75) is 9.79 Å². The summed E-state index contributed by atoms with van der Waals surface area (Å²) in [6.45, 7) is 0. The summed E-state index contributed by atoms with van der Waals surface area (Å²) in [5.74, 6) is 0.818. The van der Waals surface area contributed by atoms with E-state index in [0.717, 1.165) is 21.8 Å². The maximum absolute atomic E-state index is 10.9. The summed E-state index contributed by atoms with van der Waals surface area (Å²) < 4.78 is 5.28. The van der Waals surface area contributed by atoms with E-state index in [1.807, 2.05) is 48.5 Å². The van der Waals surface area contributed by atoms with Crippen molar-refractivity contribution in [2.24, 2.45) is 0 Å². The van der Waals surface area contributed by atoms with Gasteiger partial charge in [0.25, 0.3) is 0 Å². The molecule has 0 amide bonds. The second-order valence-corrected chi connectivity index (χ2v) is 4.49. The summed E-state index contributed by atoms with van der Waals surface area (Å²) in [5.41, 5.74) is 0.698. The number of methoxy groups -OCH3 is 1. The van der Waals surface area contributed by atoms with Gasteiger partial charge in [-0.3, -0.25) is 4.79 Å².